The van der Waals surface area contributed by atoms with E-state index in [1.165, 1.54) is 45.2 Å². The van der Waals surface area contributed by atoms with Crippen LogP contribution in [-0.4, -0.2) is 29.8 Å². The van der Waals surface area contributed by atoms with Gasteiger partial charge in [-0.2, -0.15) is 0 Å². The number of carbonyl (C=O) groups is 1. The summed E-state index contributed by atoms with van der Waals surface area (Å²) < 4.78 is 0. The van der Waals surface area contributed by atoms with Crippen LogP contribution >= 0.6 is 0 Å². The van der Waals surface area contributed by atoms with E-state index in [1.54, 1.807) is 6.92 Å². The summed E-state index contributed by atoms with van der Waals surface area (Å²) in [5, 5.41) is 0. The summed E-state index contributed by atoms with van der Waals surface area (Å²) in [6, 6.07) is 0.587. The van der Waals surface area contributed by atoms with Crippen molar-refractivity contribution in [2.24, 2.45) is 5.92 Å². The van der Waals surface area contributed by atoms with Gasteiger partial charge in [0.15, 0.2) is 0 Å². The molecule has 2 nitrogen and oxygen atoms in total. The van der Waals surface area contributed by atoms with Crippen molar-refractivity contribution >= 4 is 5.78 Å². The van der Waals surface area contributed by atoms with Crippen molar-refractivity contribution in [3.63, 3.8) is 0 Å². The number of rotatable bonds is 2. The lowest BCUT2D eigenvalue weighted by Crippen LogP contribution is -2.43. The van der Waals surface area contributed by atoms with Crippen LogP contribution in [0.2, 0.25) is 0 Å². The highest BCUT2D eigenvalue weighted by molar-refractivity contribution is 5.79. The number of ketones is 1. The van der Waals surface area contributed by atoms with Gasteiger partial charge in [0.25, 0.3) is 0 Å². The minimum Gasteiger partial charge on any atom is -0.300 e. The Hall–Kier alpha value is -0.370. The van der Waals surface area contributed by atoms with Crippen molar-refractivity contribution < 1.29 is 4.79 Å². The van der Waals surface area contributed by atoms with Crippen LogP contribution in [0.1, 0.15) is 45.4 Å². The first-order chi connectivity index (χ1) is 6.79. The van der Waals surface area contributed by atoms with Crippen LogP contribution < -0.4 is 0 Å². The van der Waals surface area contributed by atoms with Crippen molar-refractivity contribution in [3.8, 4) is 0 Å². The zero-order valence-electron chi connectivity index (χ0n) is 9.17. The van der Waals surface area contributed by atoms with Gasteiger partial charge in [-0.05, 0) is 45.7 Å². The number of carbonyl (C=O) groups excluding carboxylic acids is 1. The van der Waals surface area contributed by atoms with Gasteiger partial charge in [-0.1, -0.05) is 12.8 Å². The molecule has 0 amide bonds. The van der Waals surface area contributed by atoms with Gasteiger partial charge in [-0.25, -0.2) is 0 Å². The standard InChI is InChI=1S/C12H21NO/c1-10(14)11-6-2-3-7-12(11)13-8-4-5-9-13/h11-12H,2-9H2,1H3/t11-,12-/m0/s1. The van der Waals surface area contributed by atoms with Crippen molar-refractivity contribution in [1.29, 1.82) is 0 Å². The van der Waals surface area contributed by atoms with E-state index in [4.69, 9.17) is 0 Å². The second-order valence-corrected chi connectivity index (χ2v) is 4.81. The smallest absolute Gasteiger partial charge is 0.134 e. The molecule has 14 heavy (non-hydrogen) atoms. The van der Waals surface area contributed by atoms with Crippen LogP contribution in [0, 0.1) is 5.92 Å². The summed E-state index contributed by atoms with van der Waals surface area (Å²) in [7, 11) is 0. The lowest BCUT2D eigenvalue weighted by molar-refractivity contribution is -0.123. The molecule has 0 aromatic heterocycles. The van der Waals surface area contributed by atoms with Gasteiger partial charge >= 0.3 is 0 Å². The average Bonchev–Trinajstić information content (AvgIpc) is 2.70. The molecule has 0 unspecified atom stereocenters. The SMILES string of the molecule is CC(=O)[C@@H]1CCCC[C@@H]1N1CCCC1. The van der Waals surface area contributed by atoms with Gasteiger partial charge in [-0.15, -0.1) is 0 Å². The van der Waals surface area contributed by atoms with Crippen LogP contribution in [-0.2, 0) is 4.79 Å². The average molecular weight is 195 g/mol. The fourth-order valence-electron chi connectivity index (χ4n) is 3.10. The van der Waals surface area contributed by atoms with Crippen LogP contribution in [0.5, 0.6) is 0 Å². The topological polar surface area (TPSA) is 20.3 Å². The third-order valence-corrected chi connectivity index (χ3v) is 3.86. The minimum absolute atomic E-state index is 0.349. The summed E-state index contributed by atoms with van der Waals surface area (Å²) in [4.78, 5) is 14.1. The summed E-state index contributed by atoms with van der Waals surface area (Å²) >= 11 is 0. The van der Waals surface area contributed by atoms with Gasteiger partial charge < -0.3 is 0 Å². The van der Waals surface area contributed by atoms with Gasteiger partial charge in [0.1, 0.15) is 5.78 Å². The number of Topliss-reactive ketones (excluding diaryl/α,β-unsaturated/α-hetero) is 1. The Morgan fingerprint density at radius 1 is 1.07 bits per heavy atom. The Kier molecular flexibility index (Phi) is 3.22. The van der Waals surface area contributed by atoms with Gasteiger partial charge in [0.05, 0.1) is 0 Å². The normalized spacial score (nSPS) is 34.6. The Morgan fingerprint density at radius 3 is 2.36 bits per heavy atom. The molecule has 0 bridgehead atoms. The van der Waals surface area contributed by atoms with Crippen LogP contribution in [0.4, 0.5) is 0 Å². The molecule has 2 fully saturated rings. The minimum atomic E-state index is 0.349. The first-order valence-corrected chi connectivity index (χ1v) is 6.03. The molecule has 0 radical (unpaired) electrons. The quantitative estimate of drug-likeness (QED) is 0.673. The number of hydrogen-bond acceptors (Lipinski definition) is 2. The maximum Gasteiger partial charge on any atom is 0.134 e. The largest absolute Gasteiger partial charge is 0.300 e. The van der Waals surface area contributed by atoms with E-state index in [0.717, 1.165) is 6.42 Å². The Morgan fingerprint density at radius 2 is 1.71 bits per heavy atom. The summed E-state index contributed by atoms with van der Waals surface area (Å²) in [5.41, 5.74) is 0. The van der Waals surface area contributed by atoms with E-state index >= 15 is 0 Å². The molecule has 0 aromatic rings. The maximum absolute atomic E-state index is 11.5. The van der Waals surface area contributed by atoms with Crippen molar-refractivity contribution in [1.82, 2.24) is 4.90 Å². The van der Waals surface area contributed by atoms with E-state index in [2.05, 4.69) is 4.90 Å². The molecule has 0 aromatic carbocycles. The van der Waals surface area contributed by atoms with E-state index < -0.39 is 0 Å². The highest BCUT2D eigenvalue weighted by atomic mass is 16.1. The first kappa shape index (κ1) is 10.2. The lowest BCUT2D eigenvalue weighted by Gasteiger charge is -2.36. The van der Waals surface area contributed by atoms with Crippen LogP contribution in [0.3, 0.4) is 0 Å². The molecule has 2 heteroatoms. The highest BCUT2D eigenvalue weighted by Crippen LogP contribution is 2.31. The fraction of sp³-hybridized carbons (Fsp3) is 0.917. The first-order valence-electron chi connectivity index (χ1n) is 6.03. The molecule has 0 spiro atoms. The molecule has 1 saturated heterocycles. The molecule has 80 valence electrons. The van der Waals surface area contributed by atoms with E-state index in [1.807, 2.05) is 0 Å². The molecule has 2 rings (SSSR count). The Bertz CT molecular complexity index is 208. The van der Waals surface area contributed by atoms with E-state index in [0.29, 0.717) is 17.7 Å². The molecule has 1 saturated carbocycles. The molecule has 2 atom stereocenters. The number of likely N-dealkylation sites (tertiary alicyclic amines) is 1. The molecule has 2 aliphatic rings. The van der Waals surface area contributed by atoms with E-state index in [-0.39, 0.29) is 0 Å². The van der Waals surface area contributed by atoms with E-state index in [9.17, 15) is 4.79 Å². The zero-order valence-corrected chi connectivity index (χ0v) is 9.17. The molecule has 0 N–H and O–H groups in total. The number of hydrogen-bond donors (Lipinski definition) is 0. The molecular formula is C12H21NO. The predicted molar refractivity (Wildman–Crippen MR) is 57.2 cm³/mol. The second kappa shape index (κ2) is 4.43. The highest BCUT2D eigenvalue weighted by Gasteiger charge is 2.33. The molecule has 1 aliphatic heterocycles. The predicted octanol–water partition coefficient (Wildman–Crippen LogP) is 2.23. The van der Waals surface area contributed by atoms with Crippen molar-refractivity contribution in [2.75, 3.05) is 13.1 Å². The third-order valence-electron chi connectivity index (χ3n) is 3.86. The second-order valence-electron chi connectivity index (χ2n) is 4.81. The Labute approximate surface area is 86.7 Å². The zero-order chi connectivity index (χ0) is 9.97. The summed E-state index contributed by atoms with van der Waals surface area (Å²) in [6.45, 7) is 4.24. The Balaban J connectivity index is 2.01. The van der Waals surface area contributed by atoms with Gasteiger partial charge in [-0.3, -0.25) is 9.69 Å². The fourth-order valence-corrected chi connectivity index (χ4v) is 3.10. The van der Waals surface area contributed by atoms with Gasteiger partial charge in [0, 0.05) is 12.0 Å². The molecular weight excluding hydrogens is 174 g/mol. The van der Waals surface area contributed by atoms with Crippen LogP contribution in [0.15, 0.2) is 0 Å². The summed E-state index contributed by atoms with van der Waals surface area (Å²) in [5.74, 6) is 0.767. The van der Waals surface area contributed by atoms with Crippen molar-refractivity contribution in [3.05, 3.63) is 0 Å². The van der Waals surface area contributed by atoms with Crippen LogP contribution in [0.25, 0.3) is 0 Å². The maximum atomic E-state index is 11.5. The summed E-state index contributed by atoms with van der Waals surface area (Å²) in [6.07, 6.45) is 7.64. The number of nitrogens with zero attached hydrogens (tertiary/aromatic N) is 1. The van der Waals surface area contributed by atoms with Gasteiger partial charge in [0.2, 0.25) is 0 Å². The molecule has 1 aliphatic carbocycles. The molecule has 1 heterocycles. The monoisotopic (exact) mass is 195 g/mol. The third kappa shape index (κ3) is 2.00. The van der Waals surface area contributed by atoms with Crippen molar-refractivity contribution in [2.45, 2.75) is 51.5 Å². The lowest BCUT2D eigenvalue weighted by atomic mass is 9.81.